The predicted molar refractivity (Wildman–Crippen MR) is 87.3 cm³/mol. The second-order valence-corrected chi connectivity index (χ2v) is 4.77. The highest BCUT2D eigenvalue weighted by Gasteiger charge is 2.04. The average molecular weight is 302 g/mol. The molecule has 1 aromatic rings. The smallest absolute Gasteiger partial charge is 0.127 e. The van der Waals surface area contributed by atoms with E-state index in [2.05, 4.69) is 18.3 Å². The predicted octanol–water partition coefficient (Wildman–Crippen LogP) is 4.19. The lowest BCUT2D eigenvalue weighted by Crippen LogP contribution is -2.15. The molecule has 4 heteroatoms. The molecule has 0 aliphatic rings. The Morgan fingerprint density at radius 1 is 1.00 bits per heavy atom. The Morgan fingerprint density at radius 3 is 2.40 bits per heavy atom. The molecule has 0 atom stereocenters. The van der Waals surface area contributed by atoms with E-state index in [0.717, 1.165) is 24.6 Å². The number of hydrogen-bond donors (Lipinski definition) is 1. The molecule has 0 saturated heterocycles. The fraction of sp³-hybridized carbons (Fsp3) is 0.625. The van der Waals surface area contributed by atoms with Crippen molar-refractivity contribution in [3.05, 3.63) is 23.8 Å². The maximum absolute atomic E-state index is 5.38. The maximum Gasteiger partial charge on any atom is 0.127 e. The summed E-state index contributed by atoms with van der Waals surface area (Å²) in [5.41, 5.74) is 1.18. The van der Waals surface area contributed by atoms with E-state index in [4.69, 9.17) is 9.47 Å². The van der Waals surface area contributed by atoms with Crippen molar-refractivity contribution in [3.8, 4) is 11.5 Å². The van der Waals surface area contributed by atoms with Crippen LogP contribution >= 0.6 is 12.4 Å². The summed E-state index contributed by atoms with van der Waals surface area (Å²) in [7, 11) is 3.37. The molecule has 0 aliphatic heterocycles. The van der Waals surface area contributed by atoms with E-state index in [1.54, 1.807) is 14.2 Å². The second kappa shape index (κ2) is 11.9. The minimum atomic E-state index is 0. The van der Waals surface area contributed by atoms with Gasteiger partial charge in [-0.1, -0.05) is 38.7 Å². The molecule has 0 amide bonds. The minimum Gasteiger partial charge on any atom is -0.497 e. The number of methoxy groups -OCH3 is 2. The Kier molecular flexibility index (Phi) is 11.3. The molecule has 1 aromatic carbocycles. The van der Waals surface area contributed by atoms with Crippen LogP contribution in [0.15, 0.2) is 18.2 Å². The van der Waals surface area contributed by atoms with Gasteiger partial charge in [-0.3, -0.25) is 0 Å². The molecule has 0 fully saturated rings. The molecule has 0 saturated carbocycles. The summed E-state index contributed by atoms with van der Waals surface area (Å²) < 4.78 is 10.6. The van der Waals surface area contributed by atoms with E-state index in [-0.39, 0.29) is 12.4 Å². The first kappa shape index (κ1) is 19.1. The van der Waals surface area contributed by atoms with Crippen LogP contribution in [0.4, 0.5) is 0 Å². The largest absolute Gasteiger partial charge is 0.497 e. The zero-order valence-corrected chi connectivity index (χ0v) is 13.7. The van der Waals surface area contributed by atoms with E-state index in [1.807, 2.05) is 12.1 Å². The Morgan fingerprint density at radius 2 is 1.75 bits per heavy atom. The summed E-state index contributed by atoms with van der Waals surface area (Å²) in [6.07, 6.45) is 6.58. The molecule has 0 unspecified atom stereocenters. The first-order chi connectivity index (χ1) is 9.31. The summed E-state index contributed by atoms with van der Waals surface area (Å²) >= 11 is 0. The van der Waals surface area contributed by atoms with Crippen molar-refractivity contribution in [1.29, 1.82) is 0 Å². The molecule has 0 spiro atoms. The first-order valence-electron chi connectivity index (χ1n) is 7.23. The van der Waals surface area contributed by atoms with E-state index >= 15 is 0 Å². The van der Waals surface area contributed by atoms with Crippen LogP contribution in [0.3, 0.4) is 0 Å². The summed E-state index contributed by atoms with van der Waals surface area (Å²) in [4.78, 5) is 0. The molecule has 0 aromatic heterocycles. The summed E-state index contributed by atoms with van der Waals surface area (Å²) in [6.45, 7) is 4.16. The van der Waals surface area contributed by atoms with Gasteiger partial charge in [0.2, 0.25) is 0 Å². The third-order valence-corrected chi connectivity index (χ3v) is 3.27. The molecule has 0 radical (unpaired) electrons. The summed E-state index contributed by atoms with van der Waals surface area (Å²) in [6, 6.07) is 5.96. The molecule has 20 heavy (non-hydrogen) atoms. The maximum atomic E-state index is 5.38. The third-order valence-electron chi connectivity index (χ3n) is 3.27. The van der Waals surface area contributed by atoms with Crippen molar-refractivity contribution >= 4 is 12.4 Å². The van der Waals surface area contributed by atoms with Crippen LogP contribution in [0.1, 0.15) is 44.6 Å². The van der Waals surface area contributed by atoms with Crippen LogP contribution in [0.5, 0.6) is 11.5 Å². The van der Waals surface area contributed by atoms with Crippen LogP contribution in [-0.2, 0) is 6.54 Å². The second-order valence-electron chi connectivity index (χ2n) is 4.77. The lowest BCUT2D eigenvalue weighted by Gasteiger charge is -2.11. The van der Waals surface area contributed by atoms with Crippen LogP contribution in [0.2, 0.25) is 0 Å². The van der Waals surface area contributed by atoms with Gasteiger partial charge in [0, 0.05) is 18.2 Å². The Labute approximate surface area is 129 Å². The fourth-order valence-corrected chi connectivity index (χ4v) is 2.07. The van der Waals surface area contributed by atoms with Gasteiger partial charge in [-0.25, -0.2) is 0 Å². The Bertz CT molecular complexity index is 358. The SMILES string of the molecule is CCCCCCCNCc1ccc(OC)cc1OC.Cl. The van der Waals surface area contributed by atoms with Crippen LogP contribution < -0.4 is 14.8 Å². The van der Waals surface area contributed by atoms with Crippen LogP contribution in [0.25, 0.3) is 0 Å². The molecule has 1 N–H and O–H groups in total. The zero-order chi connectivity index (χ0) is 13.9. The molecule has 0 heterocycles. The molecule has 0 bridgehead atoms. The van der Waals surface area contributed by atoms with Gasteiger partial charge in [0.25, 0.3) is 0 Å². The molecular formula is C16H28ClNO2. The molecule has 1 rings (SSSR count). The normalized spacial score (nSPS) is 9.95. The van der Waals surface area contributed by atoms with Gasteiger partial charge < -0.3 is 14.8 Å². The van der Waals surface area contributed by atoms with Crippen molar-refractivity contribution in [1.82, 2.24) is 5.32 Å². The van der Waals surface area contributed by atoms with Crippen molar-refractivity contribution in [2.45, 2.75) is 45.6 Å². The van der Waals surface area contributed by atoms with Crippen LogP contribution in [0, 0.1) is 0 Å². The van der Waals surface area contributed by atoms with Gasteiger partial charge in [0.05, 0.1) is 14.2 Å². The highest BCUT2D eigenvalue weighted by molar-refractivity contribution is 5.85. The van der Waals surface area contributed by atoms with Gasteiger partial charge in [0.15, 0.2) is 0 Å². The number of halogens is 1. The van der Waals surface area contributed by atoms with E-state index in [9.17, 15) is 0 Å². The number of rotatable bonds is 10. The minimum absolute atomic E-state index is 0. The zero-order valence-electron chi connectivity index (χ0n) is 12.9. The lowest BCUT2D eigenvalue weighted by molar-refractivity contribution is 0.389. The van der Waals surface area contributed by atoms with Gasteiger partial charge in [-0.05, 0) is 19.0 Å². The van der Waals surface area contributed by atoms with E-state index in [0.29, 0.717) is 0 Å². The van der Waals surface area contributed by atoms with Gasteiger partial charge in [0.1, 0.15) is 11.5 Å². The lowest BCUT2D eigenvalue weighted by atomic mass is 10.1. The molecular weight excluding hydrogens is 274 g/mol. The standard InChI is InChI=1S/C16H27NO2.ClH/c1-4-5-6-7-8-11-17-13-14-9-10-15(18-2)12-16(14)19-3;/h9-10,12,17H,4-8,11,13H2,1-3H3;1H. The van der Waals surface area contributed by atoms with Gasteiger partial charge in [-0.15, -0.1) is 12.4 Å². The van der Waals surface area contributed by atoms with Crippen molar-refractivity contribution < 1.29 is 9.47 Å². The van der Waals surface area contributed by atoms with Crippen molar-refractivity contribution in [3.63, 3.8) is 0 Å². The number of unbranched alkanes of at least 4 members (excludes halogenated alkanes) is 4. The fourth-order valence-electron chi connectivity index (χ4n) is 2.07. The average Bonchev–Trinajstić information content (AvgIpc) is 2.46. The summed E-state index contributed by atoms with van der Waals surface area (Å²) in [5.74, 6) is 1.72. The number of benzene rings is 1. The van der Waals surface area contributed by atoms with Gasteiger partial charge >= 0.3 is 0 Å². The number of hydrogen-bond acceptors (Lipinski definition) is 3. The highest BCUT2D eigenvalue weighted by Crippen LogP contribution is 2.24. The van der Waals surface area contributed by atoms with Crippen LogP contribution in [-0.4, -0.2) is 20.8 Å². The van der Waals surface area contributed by atoms with Crippen molar-refractivity contribution in [2.24, 2.45) is 0 Å². The van der Waals surface area contributed by atoms with Crippen molar-refractivity contribution in [2.75, 3.05) is 20.8 Å². The van der Waals surface area contributed by atoms with E-state index in [1.165, 1.54) is 37.7 Å². The molecule has 116 valence electrons. The highest BCUT2D eigenvalue weighted by atomic mass is 35.5. The Hall–Kier alpha value is -0.930. The monoisotopic (exact) mass is 301 g/mol. The quantitative estimate of drug-likeness (QED) is 0.657. The number of ether oxygens (including phenoxy) is 2. The molecule has 0 aliphatic carbocycles. The number of nitrogens with one attached hydrogen (secondary N) is 1. The third kappa shape index (κ3) is 7.01. The topological polar surface area (TPSA) is 30.5 Å². The Balaban J connectivity index is 0.00000361. The van der Waals surface area contributed by atoms with E-state index < -0.39 is 0 Å². The molecule has 3 nitrogen and oxygen atoms in total. The summed E-state index contributed by atoms with van der Waals surface area (Å²) in [5, 5.41) is 3.47. The van der Waals surface area contributed by atoms with Gasteiger partial charge in [-0.2, -0.15) is 0 Å². The first-order valence-corrected chi connectivity index (χ1v) is 7.23.